The maximum atomic E-state index is 15.1. The Morgan fingerprint density at radius 3 is 2.67 bits per heavy atom. The van der Waals surface area contributed by atoms with Gasteiger partial charge in [0.15, 0.2) is 11.6 Å². The number of rotatable bonds is 7. The van der Waals surface area contributed by atoms with E-state index in [-0.39, 0.29) is 41.4 Å². The molecule has 3 aromatic heterocycles. The number of hydrogen-bond acceptors (Lipinski definition) is 7. The van der Waals surface area contributed by atoms with Crippen LogP contribution in [0.3, 0.4) is 0 Å². The largest absolute Gasteiger partial charge is 0.478 e. The molecule has 1 aromatic carbocycles. The van der Waals surface area contributed by atoms with E-state index < -0.39 is 17.6 Å². The lowest BCUT2D eigenvalue weighted by Crippen LogP contribution is -2.34. The average molecular weight is 519 g/mol. The third-order valence-electron chi connectivity index (χ3n) is 6.36. The molecule has 1 saturated heterocycles. The van der Waals surface area contributed by atoms with Crippen molar-refractivity contribution in [3.05, 3.63) is 65.0 Å². The zero-order chi connectivity index (χ0) is 24.5. The molecule has 9 nitrogen and oxygen atoms in total. The van der Waals surface area contributed by atoms with E-state index in [9.17, 15) is 9.18 Å². The number of carbonyl (C=O) groups is 1. The van der Waals surface area contributed by atoms with Gasteiger partial charge in [-0.15, -0.1) is 12.4 Å². The van der Waals surface area contributed by atoms with Gasteiger partial charge in [-0.1, -0.05) is 18.1 Å². The third kappa shape index (κ3) is 4.88. The van der Waals surface area contributed by atoms with Gasteiger partial charge in [0, 0.05) is 38.2 Å². The van der Waals surface area contributed by atoms with Gasteiger partial charge in [-0.2, -0.15) is 4.98 Å². The van der Waals surface area contributed by atoms with Crippen molar-refractivity contribution in [1.29, 1.82) is 0 Å². The van der Waals surface area contributed by atoms with Crippen molar-refractivity contribution < 1.29 is 23.2 Å². The molecule has 1 aliphatic heterocycles. The Balaban J connectivity index is 0.00000304. The van der Waals surface area contributed by atoms with Gasteiger partial charge in [0.2, 0.25) is 0 Å². The molecule has 1 fully saturated rings. The first-order valence-corrected chi connectivity index (χ1v) is 11.5. The molecule has 190 valence electrons. The van der Waals surface area contributed by atoms with Crippen LogP contribution in [0.5, 0.6) is 0 Å². The van der Waals surface area contributed by atoms with Crippen LogP contribution in [0.15, 0.2) is 35.2 Å². The fourth-order valence-corrected chi connectivity index (χ4v) is 4.55. The molecule has 4 heterocycles. The number of carboxylic acid groups (broad SMARTS) is 1. The lowest BCUT2D eigenvalue weighted by molar-refractivity contribution is 0.0696. The van der Waals surface area contributed by atoms with Crippen molar-refractivity contribution in [2.24, 2.45) is 0 Å². The van der Waals surface area contributed by atoms with Crippen LogP contribution in [0.1, 0.15) is 59.7 Å². The Kier molecular flexibility index (Phi) is 7.48. The van der Waals surface area contributed by atoms with E-state index in [1.807, 2.05) is 9.47 Å². The third-order valence-corrected chi connectivity index (χ3v) is 6.36. The van der Waals surface area contributed by atoms with Crippen molar-refractivity contribution in [3.8, 4) is 0 Å². The van der Waals surface area contributed by atoms with Crippen LogP contribution in [-0.4, -0.2) is 48.8 Å². The van der Waals surface area contributed by atoms with Gasteiger partial charge < -0.3 is 19.1 Å². The van der Waals surface area contributed by atoms with E-state index in [2.05, 4.69) is 27.0 Å². The van der Waals surface area contributed by atoms with Gasteiger partial charge in [0.1, 0.15) is 17.8 Å². The summed E-state index contributed by atoms with van der Waals surface area (Å²) < 4.78 is 36.8. The zero-order valence-electron chi connectivity index (χ0n) is 19.5. The zero-order valence-corrected chi connectivity index (χ0v) is 20.3. The van der Waals surface area contributed by atoms with Crippen LogP contribution < -0.4 is 4.90 Å². The van der Waals surface area contributed by atoms with Gasteiger partial charge in [-0.3, -0.25) is 0 Å². The first-order valence-electron chi connectivity index (χ1n) is 11.5. The fraction of sp³-hybridized carbons (Fsp3) is 0.375. The molecule has 0 spiro atoms. The minimum absolute atomic E-state index is 0. The maximum absolute atomic E-state index is 15.1. The number of carboxylic acids is 1. The number of nitrogens with zero attached hydrogens (tertiary/aromatic N) is 6. The maximum Gasteiger partial charge on any atom is 0.335 e. The van der Waals surface area contributed by atoms with Crippen LogP contribution in [-0.2, 0) is 12.8 Å². The van der Waals surface area contributed by atoms with Gasteiger partial charge in [0.05, 0.1) is 16.6 Å². The van der Waals surface area contributed by atoms with E-state index in [1.165, 1.54) is 24.7 Å². The standard InChI is InChI=1S/C24H24F2N6O3.ClH/c1-2-3-20-29-24(35-30-20)31-8-6-16(7-9-31)32-12-18(26)21-19(27-13-28-22(21)32)11-14-4-5-15(23(33)34)10-17(14)25;/h4-5,10,12-13,16H,2-3,6-9,11H2,1H3,(H,33,34);1H. The highest BCUT2D eigenvalue weighted by Crippen LogP contribution is 2.32. The first kappa shape index (κ1) is 25.5. The highest BCUT2D eigenvalue weighted by molar-refractivity contribution is 5.87. The smallest absolute Gasteiger partial charge is 0.335 e. The molecule has 1 N–H and O–H groups in total. The van der Waals surface area contributed by atoms with E-state index in [1.54, 1.807) is 0 Å². The summed E-state index contributed by atoms with van der Waals surface area (Å²) in [5.74, 6) is -1.66. The minimum Gasteiger partial charge on any atom is -0.478 e. The molecule has 0 aliphatic carbocycles. The molecular weight excluding hydrogens is 494 g/mol. The van der Waals surface area contributed by atoms with Crippen LogP contribution in [0, 0.1) is 11.6 Å². The molecule has 36 heavy (non-hydrogen) atoms. The summed E-state index contributed by atoms with van der Waals surface area (Å²) in [5, 5.41) is 13.3. The normalized spacial score (nSPS) is 14.2. The molecule has 0 amide bonds. The molecule has 0 bridgehead atoms. The summed E-state index contributed by atoms with van der Waals surface area (Å²) >= 11 is 0. The molecular formula is C24H25ClF2N6O3. The van der Waals surface area contributed by atoms with Crippen molar-refractivity contribution in [1.82, 2.24) is 24.7 Å². The molecule has 5 rings (SSSR count). The summed E-state index contributed by atoms with van der Waals surface area (Å²) in [6, 6.07) is 4.20. The number of aromatic carboxylic acids is 1. The van der Waals surface area contributed by atoms with Gasteiger partial charge in [-0.05, 0) is 37.0 Å². The predicted octanol–water partition coefficient (Wildman–Crippen LogP) is 4.60. The molecule has 0 unspecified atom stereocenters. The quantitative estimate of drug-likeness (QED) is 0.378. The Morgan fingerprint density at radius 1 is 1.19 bits per heavy atom. The Labute approximate surface area is 211 Å². The first-order chi connectivity index (χ1) is 16.9. The number of hydrogen-bond donors (Lipinski definition) is 1. The van der Waals surface area contributed by atoms with Crippen molar-refractivity contribution >= 4 is 35.4 Å². The number of halogens is 3. The summed E-state index contributed by atoms with van der Waals surface area (Å²) in [4.78, 5) is 26.1. The molecule has 4 aromatic rings. The summed E-state index contributed by atoms with van der Waals surface area (Å²) in [6.07, 6.45) is 5.97. The lowest BCUT2D eigenvalue weighted by Gasteiger charge is -2.31. The second-order valence-corrected chi connectivity index (χ2v) is 8.65. The summed E-state index contributed by atoms with van der Waals surface area (Å²) in [5.41, 5.74) is 0.888. The van der Waals surface area contributed by atoms with E-state index in [4.69, 9.17) is 9.63 Å². The SMILES string of the molecule is CCCc1noc(N2CCC(n3cc(F)c4c(Cc5ccc(C(=O)O)cc5F)ncnc43)CC2)n1.Cl. The number of piperidine rings is 1. The minimum atomic E-state index is -1.21. The highest BCUT2D eigenvalue weighted by Gasteiger charge is 2.27. The topological polar surface area (TPSA) is 110 Å². The second-order valence-electron chi connectivity index (χ2n) is 8.65. The fourth-order valence-electron chi connectivity index (χ4n) is 4.55. The monoisotopic (exact) mass is 518 g/mol. The van der Waals surface area contributed by atoms with Gasteiger partial charge in [0.25, 0.3) is 0 Å². The summed E-state index contributed by atoms with van der Waals surface area (Å²) in [6.45, 7) is 3.42. The highest BCUT2D eigenvalue weighted by atomic mass is 35.5. The number of aromatic nitrogens is 5. The second kappa shape index (κ2) is 10.6. The van der Waals surface area contributed by atoms with E-state index in [0.717, 1.165) is 31.7 Å². The summed E-state index contributed by atoms with van der Waals surface area (Å²) in [7, 11) is 0. The number of fused-ring (bicyclic) bond motifs is 1. The molecule has 12 heteroatoms. The van der Waals surface area contributed by atoms with E-state index in [0.29, 0.717) is 36.3 Å². The number of aryl methyl sites for hydroxylation is 1. The lowest BCUT2D eigenvalue weighted by atomic mass is 10.0. The van der Waals surface area contributed by atoms with Crippen LogP contribution >= 0.6 is 12.4 Å². The van der Waals surface area contributed by atoms with Crippen molar-refractivity contribution in [3.63, 3.8) is 0 Å². The average Bonchev–Trinajstić information content (AvgIpc) is 3.46. The number of anilines is 1. The van der Waals surface area contributed by atoms with Crippen molar-refractivity contribution in [2.45, 2.75) is 45.1 Å². The van der Waals surface area contributed by atoms with Gasteiger partial charge >= 0.3 is 12.0 Å². The van der Waals surface area contributed by atoms with Gasteiger partial charge in [-0.25, -0.2) is 23.5 Å². The Morgan fingerprint density at radius 2 is 1.97 bits per heavy atom. The van der Waals surface area contributed by atoms with Crippen LogP contribution in [0.4, 0.5) is 14.8 Å². The molecule has 0 atom stereocenters. The van der Waals surface area contributed by atoms with Crippen molar-refractivity contribution in [2.75, 3.05) is 18.0 Å². The van der Waals surface area contributed by atoms with Crippen LogP contribution in [0.25, 0.3) is 11.0 Å². The predicted molar refractivity (Wildman–Crippen MR) is 130 cm³/mol. The van der Waals surface area contributed by atoms with Crippen LogP contribution in [0.2, 0.25) is 0 Å². The van der Waals surface area contributed by atoms with E-state index >= 15 is 4.39 Å². The molecule has 0 radical (unpaired) electrons. The Hall–Kier alpha value is -3.60. The number of benzene rings is 1. The molecule has 0 saturated carbocycles. The molecule has 1 aliphatic rings. The Bertz CT molecular complexity index is 1380.